The molecule has 3 heterocycles. The van der Waals surface area contributed by atoms with Gasteiger partial charge in [0.05, 0.1) is 11.4 Å². The van der Waals surface area contributed by atoms with Crippen molar-refractivity contribution in [3.63, 3.8) is 0 Å². The maximum atomic E-state index is 6.75. The first kappa shape index (κ1) is 27.5. The predicted molar refractivity (Wildman–Crippen MR) is 202 cm³/mol. The van der Waals surface area contributed by atoms with Crippen molar-refractivity contribution in [3.8, 4) is 22.4 Å². The van der Waals surface area contributed by atoms with Gasteiger partial charge in [0.15, 0.2) is 5.58 Å². The zero-order chi connectivity index (χ0) is 32.3. The quantitative estimate of drug-likeness (QED) is 0.190. The molecule has 0 bridgehead atoms. The molecule has 0 amide bonds. The Morgan fingerprint density at radius 1 is 0.449 bits per heavy atom. The standard InChI is InChI=1S/C45H28N2O2/c1-2-13-31(14-3-1)47(39-20-10-17-35-34-16-6-7-21-40(34)48-44(35)39)32-25-23-29(24-26-32)37-28-30-12-4-5-15-33(30)43-42-36(38-19-8-9-27-46-38)18-11-22-41(42)49-45(37)43/h1-28H. The van der Waals surface area contributed by atoms with E-state index in [4.69, 9.17) is 13.8 Å². The van der Waals surface area contributed by atoms with Crippen molar-refractivity contribution in [2.24, 2.45) is 0 Å². The number of anilines is 3. The molecule has 0 aliphatic carbocycles. The van der Waals surface area contributed by atoms with Gasteiger partial charge in [0.2, 0.25) is 0 Å². The Morgan fingerprint density at radius 2 is 1.14 bits per heavy atom. The fraction of sp³-hybridized carbons (Fsp3) is 0. The summed E-state index contributed by atoms with van der Waals surface area (Å²) >= 11 is 0. The van der Waals surface area contributed by atoms with Crippen LogP contribution in [0.1, 0.15) is 0 Å². The molecule has 0 fully saturated rings. The summed E-state index contributed by atoms with van der Waals surface area (Å²) in [4.78, 5) is 6.97. The van der Waals surface area contributed by atoms with Gasteiger partial charge >= 0.3 is 0 Å². The van der Waals surface area contributed by atoms with Crippen LogP contribution < -0.4 is 4.90 Å². The minimum absolute atomic E-state index is 0.849. The van der Waals surface area contributed by atoms with Crippen LogP contribution in [0.25, 0.3) is 77.0 Å². The van der Waals surface area contributed by atoms with E-state index in [9.17, 15) is 0 Å². The highest BCUT2D eigenvalue weighted by atomic mass is 16.3. The molecule has 0 radical (unpaired) electrons. The van der Waals surface area contributed by atoms with E-state index >= 15 is 0 Å². The highest BCUT2D eigenvalue weighted by Gasteiger charge is 2.22. The molecule has 3 aromatic heterocycles. The summed E-state index contributed by atoms with van der Waals surface area (Å²) in [6, 6.07) is 56.9. The first-order chi connectivity index (χ1) is 24.3. The van der Waals surface area contributed by atoms with Gasteiger partial charge in [-0.2, -0.15) is 0 Å². The summed E-state index contributed by atoms with van der Waals surface area (Å²) in [5, 5.41) is 6.72. The van der Waals surface area contributed by atoms with Crippen LogP contribution in [0.4, 0.5) is 17.1 Å². The molecule has 0 unspecified atom stereocenters. The van der Waals surface area contributed by atoms with Gasteiger partial charge in [0.1, 0.15) is 16.7 Å². The Hall–Kier alpha value is -6.65. The maximum Gasteiger partial charge on any atom is 0.159 e. The minimum atomic E-state index is 0.849. The number of hydrogen-bond acceptors (Lipinski definition) is 4. The molecule has 0 saturated carbocycles. The first-order valence-electron chi connectivity index (χ1n) is 16.5. The average molecular weight is 629 g/mol. The van der Waals surface area contributed by atoms with Crippen molar-refractivity contribution < 1.29 is 8.83 Å². The van der Waals surface area contributed by atoms with E-state index < -0.39 is 0 Å². The summed E-state index contributed by atoms with van der Waals surface area (Å²) in [5.41, 5.74) is 10.6. The summed E-state index contributed by atoms with van der Waals surface area (Å²) in [6.45, 7) is 0. The lowest BCUT2D eigenvalue weighted by Gasteiger charge is -2.25. The van der Waals surface area contributed by atoms with Crippen molar-refractivity contribution >= 4 is 71.7 Å². The molecule has 0 aliphatic heterocycles. The van der Waals surface area contributed by atoms with Crippen molar-refractivity contribution in [1.29, 1.82) is 0 Å². The highest BCUT2D eigenvalue weighted by molar-refractivity contribution is 6.25. The van der Waals surface area contributed by atoms with Gasteiger partial charge in [0, 0.05) is 50.2 Å². The van der Waals surface area contributed by atoms with Crippen LogP contribution in [-0.4, -0.2) is 4.98 Å². The third-order valence-corrected chi connectivity index (χ3v) is 9.51. The van der Waals surface area contributed by atoms with Crippen LogP contribution in [0.5, 0.6) is 0 Å². The molecule has 0 aliphatic rings. The number of aromatic nitrogens is 1. The molecule has 230 valence electrons. The topological polar surface area (TPSA) is 42.4 Å². The molecule has 4 heteroatoms. The minimum Gasteiger partial charge on any atom is -0.455 e. The summed E-state index contributed by atoms with van der Waals surface area (Å²) in [5.74, 6) is 0. The summed E-state index contributed by atoms with van der Waals surface area (Å²) in [6.07, 6.45) is 1.84. The Labute approximate surface area is 282 Å². The molecule has 10 aromatic rings. The first-order valence-corrected chi connectivity index (χ1v) is 16.5. The van der Waals surface area contributed by atoms with E-state index in [0.717, 1.165) is 94.1 Å². The summed E-state index contributed by atoms with van der Waals surface area (Å²) < 4.78 is 13.3. The van der Waals surface area contributed by atoms with Gasteiger partial charge in [-0.1, -0.05) is 103 Å². The van der Waals surface area contributed by atoms with Gasteiger partial charge in [-0.15, -0.1) is 0 Å². The van der Waals surface area contributed by atoms with E-state index in [0.29, 0.717) is 0 Å². The van der Waals surface area contributed by atoms with Gasteiger partial charge in [-0.05, 0) is 77.0 Å². The molecule has 0 atom stereocenters. The molecular weight excluding hydrogens is 601 g/mol. The van der Waals surface area contributed by atoms with Gasteiger partial charge < -0.3 is 13.7 Å². The average Bonchev–Trinajstić information content (AvgIpc) is 3.76. The number of fused-ring (bicyclic) bond motifs is 8. The lowest BCUT2D eigenvalue weighted by Crippen LogP contribution is -2.10. The normalized spacial score (nSPS) is 11.7. The largest absolute Gasteiger partial charge is 0.455 e. The number of rotatable bonds is 5. The number of furan rings is 2. The number of para-hydroxylation sites is 3. The summed E-state index contributed by atoms with van der Waals surface area (Å²) in [7, 11) is 0. The molecule has 0 saturated heterocycles. The third kappa shape index (κ3) is 4.35. The van der Waals surface area contributed by atoms with E-state index in [1.807, 2.05) is 42.6 Å². The van der Waals surface area contributed by atoms with Crippen molar-refractivity contribution in [1.82, 2.24) is 4.98 Å². The smallest absolute Gasteiger partial charge is 0.159 e. The number of hydrogen-bond donors (Lipinski definition) is 0. The van der Waals surface area contributed by atoms with Crippen LogP contribution >= 0.6 is 0 Å². The van der Waals surface area contributed by atoms with E-state index in [-0.39, 0.29) is 0 Å². The third-order valence-electron chi connectivity index (χ3n) is 9.51. The monoisotopic (exact) mass is 628 g/mol. The lowest BCUT2D eigenvalue weighted by atomic mass is 9.94. The second-order valence-corrected chi connectivity index (χ2v) is 12.3. The predicted octanol–water partition coefficient (Wildman–Crippen LogP) is 12.8. The van der Waals surface area contributed by atoms with Gasteiger partial charge in [-0.3, -0.25) is 4.98 Å². The van der Waals surface area contributed by atoms with Gasteiger partial charge in [-0.25, -0.2) is 0 Å². The fourth-order valence-corrected chi connectivity index (χ4v) is 7.32. The van der Waals surface area contributed by atoms with E-state index in [1.165, 1.54) is 0 Å². The SMILES string of the molecule is c1ccc(N(c2ccc(-c3cc4ccccc4c4c3oc3cccc(-c5ccccn5)c34)cc2)c2cccc3c2oc2ccccc23)cc1. The number of pyridine rings is 1. The van der Waals surface area contributed by atoms with Crippen LogP contribution in [0.3, 0.4) is 0 Å². The Balaban J connectivity index is 1.17. The van der Waals surface area contributed by atoms with Crippen LogP contribution in [0.15, 0.2) is 179 Å². The second-order valence-electron chi connectivity index (χ2n) is 12.3. The van der Waals surface area contributed by atoms with Crippen LogP contribution in [0, 0.1) is 0 Å². The molecule has 10 rings (SSSR count). The molecular formula is C45H28N2O2. The number of benzene rings is 7. The Bertz CT molecular complexity index is 2820. The Kier molecular flexibility index (Phi) is 6.15. The molecule has 7 aromatic carbocycles. The van der Waals surface area contributed by atoms with Crippen molar-refractivity contribution in [3.05, 3.63) is 170 Å². The molecule has 4 nitrogen and oxygen atoms in total. The van der Waals surface area contributed by atoms with E-state index in [1.54, 1.807) is 0 Å². The second kappa shape index (κ2) is 11.0. The zero-order valence-electron chi connectivity index (χ0n) is 26.4. The van der Waals surface area contributed by atoms with Crippen LogP contribution in [-0.2, 0) is 0 Å². The van der Waals surface area contributed by atoms with E-state index in [2.05, 4.69) is 132 Å². The van der Waals surface area contributed by atoms with Crippen molar-refractivity contribution in [2.45, 2.75) is 0 Å². The Morgan fingerprint density at radius 3 is 2.00 bits per heavy atom. The van der Waals surface area contributed by atoms with Crippen LogP contribution in [0.2, 0.25) is 0 Å². The molecule has 0 spiro atoms. The lowest BCUT2D eigenvalue weighted by molar-refractivity contribution is 0.669. The maximum absolute atomic E-state index is 6.75. The zero-order valence-corrected chi connectivity index (χ0v) is 26.4. The molecule has 49 heavy (non-hydrogen) atoms. The van der Waals surface area contributed by atoms with Crippen molar-refractivity contribution in [2.75, 3.05) is 4.90 Å². The molecule has 0 N–H and O–H groups in total. The number of nitrogens with zero attached hydrogens (tertiary/aromatic N) is 2. The van der Waals surface area contributed by atoms with Gasteiger partial charge in [0.25, 0.3) is 0 Å². The fourth-order valence-electron chi connectivity index (χ4n) is 7.32. The highest BCUT2D eigenvalue weighted by Crippen LogP contribution is 2.46.